The summed E-state index contributed by atoms with van der Waals surface area (Å²) in [5.41, 5.74) is 2.41. The molecule has 1 aliphatic carbocycles. The molecule has 5 heteroatoms. The molecule has 0 N–H and O–H groups in total. The first kappa shape index (κ1) is 19.6. The third-order valence-electron chi connectivity index (χ3n) is 6.51. The molecule has 3 aliphatic rings. The Morgan fingerprint density at radius 2 is 1.82 bits per heavy atom. The van der Waals surface area contributed by atoms with E-state index in [1.807, 2.05) is 0 Å². The molecule has 0 radical (unpaired) electrons. The van der Waals surface area contributed by atoms with Crippen LogP contribution in [0.25, 0.3) is 0 Å². The molecule has 28 heavy (non-hydrogen) atoms. The van der Waals surface area contributed by atoms with Gasteiger partial charge in [-0.15, -0.1) is 0 Å². The summed E-state index contributed by atoms with van der Waals surface area (Å²) in [5.74, 6) is 1.00. The van der Waals surface area contributed by atoms with Crippen molar-refractivity contribution < 1.29 is 14.2 Å². The van der Waals surface area contributed by atoms with Crippen LogP contribution >= 0.6 is 0 Å². The van der Waals surface area contributed by atoms with Gasteiger partial charge in [-0.05, 0) is 51.0 Å². The van der Waals surface area contributed by atoms with E-state index in [4.69, 9.17) is 14.2 Å². The summed E-state index contributed by atoms with van der Waals surface area (Å²) in [6.07, 6.45) is 5.03. The fraction of sp³-hybridized carbons (Fsp3) is 0.652. The number of hydrogen-bond donors (Lipinski definition) is 0. The highest BCUT2D eigenvalue weighted by atomic mass is 16.7. The van der Waals surface area contributed by atoms with Gasteiger partial charge in [0.05, 0.1) is 6.61 Å². The lowest BCUT2D eigenvalue weighted by Crippen LogP contribution is -2.45. The largest absolute Gasteiger partial charge is 0.491 e. The molecule has 154 valence electrons. The minimum absolute atomic E-state index is 0.0143. The quantitative estimate of drug-likeness (QED) is 0.737. The molecule has 3 fully saturated rings. The fourth-order valence-corrected chi connectivity index (χ4v) is 4.69. The normalized spacial score (nSPS) is 28.7. The molecule has 2 saturated heterocycles. The van der Waals surface area contributed by atoms with Crippen LogP contribution in [0.3, 0.4) is 0 Å². The van der Waals surface area contributed by atoms with E-state index < -0.39 is 5.79 Å². The zero-order chi connectivity index (χ0) is 19.6. The van der Waals surface area contributed by atoms with Crippen LogP contribution in [0.4, 0.5) is 5.69 Å². The highest BCUT2D eigenvalue weighted by Crippen LogP contribution is 2.40. The Morgan fingerprint density at radius 3 is 2.46 bits per heavy atom. The van der Waals surface area contributed by atoms with Crippen molar-refractivity contribution in [1.29, 1.82) is 0 Å². The molecule has 1 aromatic carbocycles. The summed E-state index contributed by atoms with van der Waals surface area (Å²) < 4.78 is 18.3. The van der Waals surface area contributed by atoms with Crippen LogP contribution in [0, 0.1) is 5.92 Å². The van der Waals surface area contributed by atoms with Gasteiger partial charge in [0.1, 0.15) is 18.5 Å². The molecule has 1 saturated carbocycles. The fourth-order valence-electron chi connectivity index (χ4n) is 4.69. The number of nitrogens with zero attached hydrogens (tertiary/aromatic N) is 2. The van der Waals surface area contributed by atoms with E-state index in [-0.39, 0.29) is 6.10 Å². The number of piperazine rings is 1. The van der Waals surface area contributed by atoms with Gasteiger partial charge in [-0.2, -0.15) is 0 Å². The second-order valence-corrected chi connectivity index (χ2v) is 8.56. The van der Waals surface area contributed by atoms with Gasteiger partial charge in [-0.3, -0.25) is 0 Å². The molecule has 0 spiro atoms. The molecular weight excluding hydrogens is 352 g/mol. The number of ether oxygens (including phenoxy) is 3. The average Bonchev–Trinajstić information content (AvgIpc) is 3.38. The lowest BCUT2D eigenvalue weighted by atomic mass is 9.99. The van der Waals surface area contributed by atoms with Crippen molar-refractivity contribution in [2.75, 3.05) is 44.3 Å². The minimum atomic E-state index is -0.416. The first-order valence-corrected chi connectivity index (χ1v) is 10.7. The van der Waals surface area contributed by atoms with Crippen LogP contribution in [-0.4, -0.2) is 56.2 Å². The number of hydrogen-bond acceptors (Lipinski definition) is 5. The van der Waals surface area contributed by atoms with E-state index in [0.29, 0.717) is 19.1 Å². The van der Waals surface area contributed by atoms with Crippen molar-refractivity contribution >= 4 is 5.69 Å². The van der Waals surface area contributed by atoms with Crippen LogP contribution in [-0.2, 0) is 9.47 Å². The summed E-state index contributed by atoms with van der Waals surface area (Å²) in [5, 5.41) is 0. The van der Waals surface area contributed by atoms with Crippen molar-refractivity contribution in [2.24, 2.45) is 5.92 Å². The maximum Gasteiger partial charge on any atom is 0.169 e. The van der Waals surface area contributed by atoms with Crippen molar-refractivity contribution in [3.05, 3.63) is 36.5 Å². The van der Waals surface area contributed by atoms with E-state index in [9.17, 15) is 0 Å². The summed E-state index contributed by atoms with van der Waals surface area (Å²) in [4.78, 5) is 4.77. The Hall–Kier alpha value is -1.72. The van der Waals surface area contributed by atoms with E-state index in [1.54, 1.807) is 0 Å². The topological polar surface area (TPSA) is 34.2 Å². The predicted molar refractivity (Wildman–Crippen MR) is 112 cm³/mol. The maximum absolute atomic E-state index is 6.24. The molecule has 2 aliphatic heterocycles. The highest BCUT2D eigenvalue weighted by molar-refractivity contribution is 5.49. The van der Waals surface area contributed by atoms with E-state index in [2.05, 4.69) is 54.5 Å². The molecule has 4 rings (SSSR count). The summed E-state index contributed by atoms with van der Waals surface area (Å²) in [6.45, 7) is 13.5. The lowest BCUT2D eigenvalue weighted by Gasteiger charge is -2.37. The summed E-state index contributed by atoms with van der Waals surface area (Å²) in [7, 11) is 0. The number of benzene rings is 1. The molecule has 2 unspecified atom stereocenters. The monoisotopic (exact) mass is 386 g/mol. The van der Waals surface area contributed by atoms with E-state index in [0.717, 1.165) is 37.6 Å². The molecule has 2 heterocycles. The van der Waals surface area contributed by atoms with Crippen LogP contribution in [0.5, 0.6) is 5.75 Å². The Morgan fingerprint density at radius 1 is 1.14 bits per heavy atom. The van der Waals surface area contributed by atoms with Crippen molar-refractivity contribution in [3.63, 3.8) is 0 Å². The third kappa shape index (κ3) is 4.31. The molecule has 5 nitrogen and oxygen atoms in total. The zero-order valence-electron chi connectivity index (χ0n) is 17.4. The smallest absolute Gasteiger partial charge is 0.169 e. The zero-order valence-corrected chi connectivity index (χ0v) is 17.4. The number of rotatable bonds is 6. The highest BCUT2D eigenvalue weighted by Gasteiger charge is 2.44. The molecule has 1 aromatic rings. The second-order valence-electron chi connectivity index (χ2n) is 8.56. The van der Waals surface area contributed by atoms with Crippen molar-refractivity contribution in [2.45, 2.75) is 51.4 Å². The van der Waals surface area contributed by atoms with Crippen molar-refractivity contribution in [3.8, 4) is 5.75 Å². The minimum Gasteiger partial charge on any atom is -0.491 e. The van der Waals surface area contributed by atoms with Gasteiger partial charge in [0.2, 0.25) is 0 Å². The van der Waals surface area contributed by atoms with Gasteiger partial charge in [0, 0.05) is 43.5 Å². The summed E-state index contributed by atoms with van der Waals surface area (Å²) >= 11 is 0. The molecule has 0 aromatic heterocycles. The second kappa shape index (κ2) is 8.34. The van der Waals surface area contributed by atoms with E-state index >= 15 is 0 Å². The number of anilines is 1. The predicted octanol–water partition coefficient (Wildman–Crippen LogP) is 4.04. The Balaban J connectivity index is 1.25. The van der Waals surface area contributed by atoms with Gasteiger partial charge in [-0.1, -0.05) is 19.4 Å². The van der Waals surface area contributed by atoms with Gasteiger partial charge in [0.15, 0.2) is 5.79 Å². The molecule has 2 atom stereocenters. The van der Waals surface area contributed by atoms with Crippen molar-refractivity contribution in [1.82, 2.24) is 4.90 Å². The Bertz CT molecular complexity index is 663. The molecular formula is C23H34N2O3. The van der Waals surface area contributed by atoms with Gasteiger partial charge >= 0.3 is 0 Å². The number of allylic oxidation sites excluding steroid dienone is 1. The van der Waals surface area contributed by atoms with E-state index in [1.165, 1.54) is 31.4 Å². The first-order valence-electron chi connectivity index (χ1n) is 10.7. The average molecular weight is 387 g/mol. The van der Waals surface area contributed by atoms with Crippen LogP contribution in [0.15, 0.2) is 36.5 Å². The van der Waals surface area contributed by atoms with Gasteiger partial charge < -0.3 is 24.0 Å². The first-order chi connectivity index (χ1) is 13.5. The maximum atomic E-state index is 6.24. The van der Waals surface area contributed by atoms with Crippen LogP contribution in [0.2, 0.25) is 0 Å². The summed E-state index contributed by atoms with van der Waals surface area (Å²) in [6, 6.07) is 8.43. The standard InChI is InChI=1S/C23H34N2O3/c1-18(2)24-12-14-25(15-13-24)20-8-10-21(11-9-20)26-16-22-17-27-23(3,28-22)19-6-4-5-7-19/h8-11,19,22H,1,4-7,12-17H2,2-3H3. The Kier molecular flexibility index (Phi) is 5.83. The molecule has 0 bridgehead atoms. The van der Waals surface area contributed by atoms with Crippen LogP contribution in [0.1, 0.15) is 39.5 Å². The third-order valence-corrected chi connectivity index (χ3v) is 6.51. The molecule has 0 amide bonds. The van der Waals surface area contributed by atoms with Gasteiger partial charge in [0.25, 0.3) is 0 Å². The van der Waals surface area contributed by atoms with Crippen LogP contribution < -0.4 is 9.64 Å². The SMILES string of the molecule is C=C(C)N1CCN(c2ccc(OCC3COC(C)(C4CCCC4)O3)cc2)CC1. The Labute approximate surface area is 169 Å². The lowest BCUT2D eigenvalue weighted by molar-refractivity contribution is -0.191. The van der Waals surface area contributed by atoms with Gasteiger partial charge in [-0.25, -0.2) is 0 Å².